The fraction of sp³-hybridized carbons (Fsp3) is 0.588. The first-order chi connectivity index (χ1) is 12.3. The molecule has 1 saturated heterocycles. The number of nitrogens with one attached hydrogen (secondary N) is 1. The number of nitrogens with zero attached hydrogens (tertiary/aromatic N) is 2. The summed E-state index contributed by atoms with van der Waals surface area (Å²) in [5.41, 5.74) is 0. The van der Waals surface area contributed by atoms with Crippen LogP contribution in [-0.2, 0) is 14.8 Å². The molecule has 0 saturated carbocycles. The third-order valence-corrected chi connectivity index (χ3v) is 6.43. The van der Waals surface area contributed by atoms with Crippen molar-refractivity contribution in [3.8, 4) is 0 Å². The lowest BCUT2D eigenvalue weighted by molar-refractivity contribution is 0.0770. The van der Waals surface area contributed by atoms with Gasteiger partial charge in [-0.3, -0.25) is 0 Å². The maximum atomic E-state index is 12.7. The Morgan fingerprint density at radius 3 is 2.50 bits per heavy atom. The van der Waals surface area contributed by atoms with Crippen LogP contribution >= 0.6 is 11.6 Å². The van der Waals surface area contributed by atoms with Gasteiger partial charge in [-0.05, 0) is 32.4 Å². The number of carbonyl (C=O) groups is 1. The minimum Gasteiger partial charge on any atom is -0.379 e. The molecule has 0 aliphatic carbocycles. The van der Waals surface area contributed by atoms with Gasteiger partial charge in [-0.25, -0.2) is 13.2 Å². The summed E-state index contributed by atoms with van der Waals surface area (Å²) in [6, 6.07) is 6.21. The predicted octanol–water partition coefficient (Wildman–Crippen LogP) is 2.17. The normalized spacial score (nSPS) is 16.1. The summed E-state index contributed by atoms with van der Waals surface area (Å²) in [4.78, 5) is 13.9. The third kappa shape index (κ3) is 5.57. The molecule has 1 heterocycles. The molecule has 2 amide bonds. The fourth-order valence-corrected chi connectivity index (χ4v) is 4.54. The monoisotopic (exact) mass is 403 g/mol. The first-order valence-electron chi connectivity index (χ1n) is 8.71. The van der Waals surface area contributed by atoms with Crippen LogP contribution in [0.25, 0.3) is 0 Å². The molecule has 0 atom stereocenters. The van der Waals surface area contributed by atoms with Crippen molar-refractivity contribution in [3.05, 3.63) is 29.3 Å². The standard InChI is InChI=1S/C17H26ClN3O4S/c1-14(2)25-13-5-8-19-17(22)20-9-11-21(12-10-20)26(23,24)16-7-4-3-6-15(16)18/h3-4,6-7,14H,5,8-13H2,1-2H3,(H,19,22). The Balaban J connectivity index is 1.81. The van der Waals surface area contributed by atoms with Gasteiger partial charge < -0.3 is 15.0 Å². The van der Waals surface area contributed by atoms with Gasteiger partial charge in [0.05, 0.1) is 11.1 Å². The second-order valence-electron chi connectivity index (χ2n) is 6.33. The molecule has 146 valence electrons. The highest BCUT2D eigenvalue weighted by Gasteiger charge is 2.31. The summed E-state index contributed by atoms with van der Waals surface area (Å²) in [6.45, 7) is 6.25. The van der Waals surface area contributed by atoms with E-state index in [9.17, 15) is 13.2 Å². The Kier molecular flexibility index (Phi) is 7.69. The van der Waals surface area contributed by atoms with Gasteiger partial charge in [0.2, 0.25) is 10.0 Å². The van der Waals surface area contributed by atoms with E-state index in [0.717, 1.165) is 6.42 Å². The van der Waals surface area contributed by atoms with E-state index >= 15 is 0 Å². The second-order valence-corrected chi connectivity index (χ2v) is 8.64. The SMILES string of the molecule is CC(C)OCCCNC(=O)N1CCN(S(=O)(=O)c2ccccc2Cl)CC1. The quantitative estimate of drug-likeness (QED) is 0.707. The Labute approximate surface area is 160 Å². The fourth-order valence-electron chi connectivity index (χ4n) is 2.62. The number of piperazine rings is 1. The van der Waals surface area contributed by atoms with Gasteiger partial charge in [-0.1, -0.05) is 23.7 Å². The van der Waals surface area contributed by atoms with Crippen LogP contribution in [0.15, 0.2) is 29.2 Å². The summed E-state index contributed by atoms with van der Waals surface area (Å²) in [7, 11) is -3.65. The minimum atomic E-state index is -3.65. The molecule has 9 heteroatoms. The molecule has 0 radical (unpaired) electrons. The van der Waals surface area contributed by atoms with Crippen LogP contribution in [0.3, 0.4) is 0 Å². The van der Waals surface area contributed by atoms with Crippen LogP contribution in [0.2, 0.25) is 5.02 Å². The van der Waals surface area contributed by atoms with Crippen LogP contribution in [0.5, 0.6) is 0 Å². The molecule has 26 heavy (non-hydrogen) atoms. The number of amides is 2. The first kappa shape index (κ1) is 21.0. The van der Waals surface area contributed by atoms with E-state index in [1.165, 1.54) is 10.4 Å². The van der Waals surface area contributed by atoms with Gasteiger partial charge in [-0.15, -0.1) is 0 Å². The predicted molar refractivity (Wildman–Crippen MR) is 101 cm³/mol. The Morgan fingerprint density at radius 1 is 1.23 bits per heavy atom. The van der Waals surface area contributed by atoms with Crippen molar-refractivity contribution < 1.29 is 17.9 Å². The lowest BCUT2D eigenvalue weighted by Gasteiger charge is -2.34. The summed E-state index contributed by atoms with van der Waals surface area (Å²) in [5.74, 6) is 0. The van der Waals surface area contributed by atoms with Gasteiger partial charge in [0, 0.05) is 39.3 Å². The number of urea groups is 1. The Hall–Kier alpha value is -1.35. The summed E-state index contributed by atoms with van der Waals surface area (Å²) in [5, 5.41) is 3.04. The van der Waals surface area contributed by atoms with Crippen LogP contribution in [0.4, 0.5) is 4.79 Å². The molecule has 1 aromatic carbocycles. The zero-order valence-corrected chi connectivity index (χ0v) is 16.7. The van der Waals surface area contributed by atoms with Gasteiger partial charge in [0.15, 0.2) is 0 Å². The number of ether oxygens (including phenoxy) is 1. The van der Waals surface area contributed by atoms with Crippen molar-refractivity contribution in [2.24, 2.45) is 0 Å². The van der Waals surface area contributed by atoms with Crippen molar-refractivity contribution in [2.75, 3.05) is 39.3 Å². The number of rotatable bonds is 7. The average molecular weight is 404 g/mol. The van der Waals surface area contributed by atoms with Crippen LogP contribution in [0.1, 0.15) is 20.3 Å². The van der Waals surface area contributed by atoms with Crippen molar-refractivity contribution in [2.45, 2.75) is 31.3 Å². The molecule has 0 unspecified atom stereocenters. The van der Waals surface area contributed by atoms with E-state index in [1.807, 2.05) is 13.8 Å². The largest absolute Gasteiger partial charge is 0.379 e. The maximum Gasteiger partial charge on any atom is 0.317 e. The van der Waals surface area contributed by atoms with Crippen LogP contribution in [-0.4, -0.2) is 69.1 Å². The van der Waals surface area contributed by atoms with E-state index in [4.69, 9.17) is 16.3 Å². The van der Waals surface area contributed by atoms with Gasteiger partial charge in [-0.2, -0.15) is 4.31 Å². The van der Waals surface area contributed by atoms with Crippen molar-refractivity contribution >= 4 is 27.7 Å². The number of carbonyl (C=O) groups excluding carboxylic acids is 1. The van der Waals surface area contributed by atoms with E-state index in [2.05, 4.69) is 5.32 Å². The third-order valence-electron chi connectivity index (χ3n) is 4.03. The zero-order valence-electron chi connectivity index (χ0n) is 15.2. The number of benzene rings is 1. The minimum absolute atomic E-state index is 0.102. The van der Waals surface area contributed by atoms with E-state index in [1.54, 1.807) is 23.1 Å². The molecule has 1 N–H and O–H groups in total. The smallest absolute Gasteiger partial charge is 0.317 e. The summed E-state index contributed by atoms with van der Waals surface area (Å²) >= 11 is 6.02. The molecule has 1 aliphatic rings. The molecule has 1 fully saturated rings. The molecule has 0 spiro atoms. The summed E-state index contributed by atoms with van der Waals surface area (Å²) < 4.78 is 32.2. The Bertz CT molecular complexity index is 704. The highest BCUT2D eigenvalue weighted by Crippen LogP contribution is 2.24. The van der Waals surface area contributed by atoms with Gasteiger partial charge >= 0.3 is 6.03 Å². The number of halogens is 1. The highest BCUT2D eigenvalue weighted by molar-refractivity contribution is 7.89. The molecule has 0 aromatic heterocycles. The van der Waals surface area contributed by atoms with Gasteiger partial charge in [0.1, 0.15) is 4.90 Å². The van der Waals surface area contributed by atoms with Crippen LogP contribution in [0, 0.1) is 0 Å². The van der Waals surface area contributed by atoms with E-state index < -0.39 is 10.0 Å². The van der Waals surface area contributed by atoms with E-state index in [0.29, 0.717) is 26.2 Å². The first-order valence-corrected chi connectivity index (χ1v) is 10.5. The lowest BCUT2D eigenvalue weighted by Crippen LogP contribution is -2.53. The molecule has 7 nitrogen and oxygen atoms in total. The highest BCUT2D eigenvalue weighted by atomic mass is 35.5. The van der Waals surface area contributed by atoms with Gasteiger partial charge in [0.25, 0.3) is 0 Å². The second kappa shape index (κ2) is 9.55. The van der Waals surface area contributed by atoms with Crippen molar-refractivity contribution in [1.29, 1.82) is 0 Å². The van der Waals surface area contributed by atoms with Crippen molar-refractivity contribution in [3.63, 3.8) is 0 Å². The number of sulfonamides is 1. The lowest BCUT2D eigenvalue weighted by atomic mass is 10.4. The molecule has 0 bridgehead atoms. The average Bonchev–Trinajstić information content (AvgIpc) is 2.61. The number of hydrogen-bond acceptors (Lipinski definition) is 4. The molecule has 1 aromatic rings. The van der Waals surface area contributed by atoms with Crippen molar-refractivity contribution in [1.82, 2.24) is 14.5 Å². The maximum absolute atomic E-state index is 12.7. The number of hydrogen-bond donors (Lipinski definition) is 1. The Morgan fingerprint density at radius 2 is 1.88 bits per heavy atom. The zero-order chi connectivity index (χ0) is 19.2. The molecule has 1 aliphatic heterocycles. The molecule has 2 rings (SSSR count). The van der Waals surface area contributed by atoms with Crippen LogP contribution < -0.4 is 5.32 Å². The molecular weight excluding hydrogens is 378 g/mol. The topological polar surface area (TPSA) is 79.0 Å². The molecular formula is C17H26ClN3O4S. The summed E-state index contributed by atoms with van der Waals surface area (Å²) in [6.07, 6.45) is 0.920. The van der Waals surface area contributed by atoms with E-state index in [-0.39, 0.29) is 35.1 Å².